The molecule has 0 saturated heterocycles. The fourth-order valence-corrected chi connectivity index (χ4v) is 1.44. The van der Waals surface area contributed by atoms with E-state index in [0.717, 1.165) is 4.68 Å². The van der Waals surface area contributed by atoms with Crippen molar-refractivity contribution < 1.29 is 18.7 Å². The third kappa shape index (κ3) is 4.34. The summed E-state index contributed by atoms with van der Waals surface area (Å²) in [5.41, 5.74) is 0.764. The molecular weight excluding hydrogens is 281 g/mol. The molecule has 0 aliphatic heterocycles. The first-order chi connectivity index (χ1) is 10.0. The number of nitrogens with zero attached hydrogens (tertiary/aromatic N) is 4. The number of ether oxygens (including phenoxy) is 1. The van der Waals surface area contributed by atoms with Gasteiger partial charge in [0, 0.05) is 5.69 Å². The van der Waals surface area contributed by atoms with Crippen molar-refractivity contribution in [3.8, 4) is 0 Å². The Labute approximate surface area is 118 Å². The normalized spacial score (nSPS) is 10.2. The summed E-state index contributed by atoms with van der Waals surface area (Å²) in [5, 5.41) is 12.6. The van der Waals surface area contributed by atoms with Crippen molar-refractivity contribution in [1.82, 2.24) is 20.2 Å². The van der Waals surface area contributed by atoms with E-state index in [1.165, 1.54) is 18.5 Å². The van der Waals surface area contributed by atoms with Crippen LogP contribution in [0.3, 0.4) is 0 Å². The number of halogens is 1. The van der Waals surface area contributed by atoms with Gasteiger partial charge < -0.3 is 10.1 Å². The highest BCUT2D eigenvalue weighted by Crippen LogP contribution is 2.13. The van der Waals surface area contributed by atoms with Gasteiger partial charge in [-0.1, -0.05) is 6.07 Å². The van der Waals surface area contributed by atoms with E-state index in [2.05, 4.69) is 20.8 Å². The molecule has 1 aromatic heterocycles. The average Bonchev–Trinajstić information content (AvgIpc) is 2.93. The molecule has 0 spiro atoms. The second kappa shape index (κ2) is 6.55. The Kier molecular flexibility index (Phi) is 4.54. The minimum Gasteiger partial charge on any atom is -0.454 e. The number of hydrogen-bond donors (Lipinski definition) is 1. The average molecular weight is 293 g/mol. The molecule has 0 fully saturated rings. The largest absolute Gasteiger partial charge is 0.454 e. The maximum absolute atomic E-state index is 13.3. The molecule has 1 aromatic carbocycles. The van der Waals surface area contributed by atoms with Crippen molar-refractivity contribution in [2.24, 2.45) is 0 Å². The van der Waals surface area contributed by atoms with Gasteiger partial charge in [0.2, 0.25) is 0 Å². The summed E-state index contributed by atoms with van der Waals surface area (Å²) < 4.78 is 19.2. The summed E-state index contributed by atoms with van der Waals surface area (Å²) in [6.45, 7) is 0.942. The molecule has 0 aliphatic carbocycles. The Morgan fingerprint density at radius 1 is 1.43 bits per heavy atom. The molecular formula is C12H12FN5O3. The van der Waals surface area contributed by atoms with Crippen LogP contribution in [0.4, 0.5) is 10.1 Å². The highest BCUT2D eigenvalue weighted by Gasteiger charge is 2.10. The van der Waals surface area contributed by atoms with Crippen molar-refractivity contribution in [1.29, 1.82) is 0 Å². The summed E-state index contributed by atoms with van der Waals surface area (Å²) in [6.07, 6.45) is 1.25. The molecule has 21 heavy (non-hydrogen) atoms. The van der Waals surface area contributed by atoms with Gasteiger partial charge in [-0.25, -0.2) is 9.07 Å². The Morgan fingerprint density at radius 3 is 2.90 bits per heavy atom. The number of carbonyl (C=O) groups is 2. The molecule has 9 heteroatoms. The summed E-state index contributed by atoms with van der Waals surface area (Å²) in [7, 11) is 0. The zero-order valence-corrected chi connectivity index (χ0v) is 11.1. The smallest absolute Gasteiger partial charge is 0.328 e. The highest BCUT2D eigenvalue weighted by molar-refractivity contribution is 5.92. The van der Waals surface area contributed by atoms with Crippen LogP contribution in [-0.4, -0.2) is 38.7 Å². The molecule has 8 nitrogen and oxygen atoms in total. The topological polar surface area (TPSA) is 99.0 Å². The number of benzene rings is 1. The lowest BCUT2D eigenvalue weighted by Crippen LogP contribution is -2.23. The van der Waals surface area contributed by atoms with Gasteiger partial charge in [-0.3, -0.25) is 9.59 Å². The van der Waals surface area contributed by atoms with Crippen molar-refractivity contribution >= 4 is 17.6 Å². The molecule has 0 saturated carbocycles. The third-order valence-electron chi connectivity index (χ3n) is 2.50. The first-order valence-corrected chi connectivity index (χ1v) is 5.97. The molecule has 1 N–H and O–H groups in total. The Balaban J connectivity index is 1.79. The number of aryl methyl sites for hydroxylation is 1. The van der Waals surface area contributed by atoms with Gasteiger partial charge >= 0.3 is 5.97 Å². The lowest BCUT2D eigenvalue weighted by molar-refractivity contribution is -0.148. The van der Waals surface area contributed by atoms with E-state index >= 15 is 0 Å². The first-order valence-electron chi connectivity index (χ1n) is 5.97. The second-order valence-electron chi connectivity index (χ2n) is 4.18. The van der Waals surface area contributed by atoms with Gasteiger partial charge in [0.05, 0.1) is 0 Å². The number of tetrazole rings is 1. The molecule has 0 bridgehead atoms. The number of hydrogen-bond acceptors (Lipinski definition) is 6. The second-order valence-corrected chi connectivity index (χ2v) is 4.18. The molecule has 2 aromatic rings. The molecule has 0 radical (unpaired) electrons. The van der Waals surface area contributed by atoms with Crippen molar-refractivity contribution in [2.75, 3.05) is 11.9 Å². The molecule has 1 heterocycles. The molecule has 2 rings (SSSR count). The van der Waals surface area contributed by atoms with Crippen LogP contribution >= 0.6 is 0 Å². The van der Waals surface area contributed by atoms with Crippen LogP contribution in [0.25, 0.3) is 0 Å². The Bertz CT molecular complexity index is 644. The van der Waals surface area contributed by atoms with Gasteiger partial charge in [-0.2, -0.15) is 0 Å². The predicted octanol–water partition coefficient (Wildman–Crippen LogP) is 0.303. The van der Waals surface area contributed by atoms with Crippen molar-refractivity contribution in [2.45, 2.75) is 13.5 Å². The van der Waals surface area contributed by atoms with E-state index in [-0.39, 0.29) is 6.54 Å². The lowest BCUT2D eigenvalue weighted by Gasteiger charge is -2.07. The van der Waals surface area contributed by atoms with E-state index in [4.69, 9.17) is 4.74 Å². The number of nitrogens with one attached hydrogen (secondary N) is 1. The van der Waals surface area contributed by atoms with Gasteiger partial charge in [0.25, 0.3) is 5.91 Å². The van der Waals surface area contributed by atoms with Crippen molar-refractivity contribution in [3.05, 3.63) is 35.9 Å². The summed E-state index contributed by atoms with van der Waals surface area (Å²) in [5.74, 6) is -1.65. The van der Waals surface area contributed by atoms with E-state index < -0.39 is 24.3 Å². The zero-order chi connectivity index (χ0) is 15.2. The molecule has 110 valence electrons. The van der Waals surface area contributed by atoms with Crippen LogP contribution in [-0.2, 0) is 20.9 Å². The minimum atomic E-state index is -0.660. The highest BCUT2D eigenvalue weighted by atomic mass is 19.1. The number of esters is 1. The van der Waals surface area contributed by atoms with Gasteiger partial charge in [0.1, 0.15) is 18.7 Å². The molecule has 0 unspecified atom stereocenters. The summed E-state index contributed by atoms with van der Waals surface area (Å²) in [4.78, 5) is 22.9. The number of rotatable bonds is 5. The zero-order valence-electron chi connectivity index (χ0n) is 11.1. The van der Waals surface area contributed by atoms with Crippen LogP contribution in [0.1, 0.15) is 5.56 Å². The van der Waals surface area contributed by atoms with Crippen LogP contribution in [0.2, 0.25) is 0 Å². The molecule has 0 atom stereocenters. The first kappa shape index (κ1) is 14.6. The van der Waals surface area contributed by atoms with Crippen LogP contribution in [0, 0.1) is 12.7 Å². The van der Waals surface area contributed by atoms with Gasteiger partial charge in [0.15, 0.2) is 6.61 Å². The standard InChI is InChI=1S/C12H12FN5O3/c1-8-2-3-9(4-10(8)13)15-11(19)6-21-12(20)5-18-7-14-16-17-18/h2-4,7H,5-6H2,1H3,(H,15,19). The van der Waals surface area contributed by atoms with E-state index in [1.807, 2.05) is 0 Å². The number of amides is 1. The van der Waals surface area contributed by atoms with Crippen molar-refractivity contribution in [3.63, 3.8) is 0 Å². The monoisotopic (exact) mass is 293 g/mol. The Hall–Kier alpha value is -2.84. The van der Waals surface area contributed by atoms with Crippen LogP contribution in [0.5, 0.6) is 0 Å². The van der Waals surface area contributed by atoms with Gasteiger partial charge in [-0.15, -0.1) is 5.10 Å². The summed E-state index contributed by atoms with van der Waals surface area (Å²) >= 11 is 0. The number of aromatic nitrogens is 4. The quantitative estimate of drug-likeness (QED) is 0.796. The fraction of sp³-hybridized carbons (Fsp3) is 0.250. The van der Waals surface area contributed by atoms with Crippen LogP contribution < -0.4 is 5.32 Å². The fourth-order valence-electron chi connectivity index (χ4n) is 1.44. The van der Waals surface area contributed by atoms with E-state index in [9.17, 15) is 14.0 Å². The third-order valence-corrected chi connectivity index (χ3v) is 2.50. The number of anilines is 1. The maximum Gasteiger partial charge on any atom is 0.328 e. The van der Waals surface area contributed by atoms with Crippen LogP contribution in [0.15, 0.2) is 24.5 Å². The maximum atomic E-state index is 13.3. The predicted molar refractivity (Wildman–Crippen MR) is 68.5 cm³/mol. The Morgan fingerprint density at radius 2 is 2.24 bits per heavy atom. The number of carbonyl (C=O) groups excluding carboxylic acids is 2. The molecule has 1 amide bonds. The lowest BCUT2D eigenvalue weighted by atomic mass is 10.2. The van der Waals surface area contributed by atoms with E-state index in [1.54, 1.807) is 13.0 Å². The molecule has 0 aliphatic rings. The minimum absolute atomic E-state index is 0.195. The van der Waals surface area contributed by atoms with Gasteiger partial charge in [-0.05, 0) is 35.0 Å². The SMILES string of the molecule is Cc1ccc(NC(=O)COC(=O)Cn2cnnn2)cc1F. The van der Waals surface area contributed by atoms with E-state index in [0.29, 0.717) is 11.3 Å². The summed E-state index contributed by atoms with van der Waals surface area (Å²) in [6, 6.07) is 4.28.